The molecule has 25 heavy (non-hydrogen) atoms. The van der Waals surface area contributed by atoms with Gasteiger partial charge in [0.2, 0.25) is 0 Å². The number of likely N-dealkylation sites (tertiary alicyclic amines) is 1. The summed E-state index contributed by atoms with van der Waals surface area (Å²) in [5, 5.41) is 0. The largest absolute Gasteiger partial charge is 0.303 e. The minimum Gasteiger partial charge on any atom is -0.303 e. The van der Waals surface area contributed by atoms with E-state index in [1.165, 1.54) is 41.8 Å². The highest BCUT2D eigenvalue weighted by molar-refractivity contribution is 7.98. The minimum absolute atomic E-state index is 0.761. The lowest BCUT2D eigenvalue weighted by Crippen LogP contribution is -2.31. The van der Waals surface area contributed by atoms with E-state index in [0.29, 0.717) is 0 Å². The van der Waals surface area contributed by atoms with Crippen molar-refractivity contribution in [1.82, 2.24) is 9.80 Å². The fraction of sp³-hybridized carbons (Fsp3) is 0.455. The normalized spacial score (nSPS) is 18.1. The van der Waals surface area contributed by atoms with Crippen LogP contribution in [-0.2, 0) is 13.1 Å². The molecule has 0 amide bonds. The van der Waals surface area contributed by atoms with Crippen LogP contribution in [-0.4, -0.2) is 42.2 Å². The zero-order valence-electron chi connectivity index (χ0n) is 15.5. The summed E-state index contributed by atoms with van der Waals surface area (Å²) in [5.74, 6) is 0. The smallest absolute Gasteiger partial charge is 0.0237 e. The fourth-order valence-electron chi connectivity index (χ4n) is 3.72. The molecule has 0 N–H and O–H groups in total. The maximum Gasteiger partial charge on any atom is 0.0237 e. The molecule has 3 rings (SSSR count). The van der Waals surface area contributed by atoms with Gasteiger partial charge in [0.05, 0.1) is 0 Å². The Kier molecular flexibility index (Phi) is 6.97. The van der Waals surface area contributed by atoms with E-state index in [4.69, 9.17) is 0 Å². The van der Waals surface area contributed by atoms with Crippen molar-refractivity contribution in [1.29, 1.82) is 0 Å². The molecule has 0 radical (unpaired) electrons. The number of thioether (sulfide) groups is 1. The summed E-state index contributed by atoms with van der Waals surface area (Å²) in [4.78, 5) is 6.48. The van der Waals surface area contributed by atoms with Crippen LogP contribution in [0.4, 0.5) is 0 Å². The molecule has 0 bridgehead atoms. The lowest BCUT2D eigenvalue weighted by molar-refractivity contribution is 0.211. The number of rotatable bonds is 8. The molecule has 1 fully saturated rings. The van der Waals surface area contributed by atoms with Crippen LogP contribution in [0, 0.1) is 0 Å². The third kappa shape index (κ3) is 5.60. The second-order valence-corrected chi connectivity index (χ2v) is 7.99. The zero-order chi connectivity index (χ0) is 17.5. The van der Waals surface area contributed by atoms with Crippen LogP contribution in [0.3, 0.4) is 0 Å². The van der Waals surface area contributed by atoms with E-state index >= 15 is 0 Å². The van der Waals surface area contributed by atoms with Crippen LogP contribution < -0.4 is 0 Å². The van der Waals surface area contributed by atoms with E-state index in [-0.39, 0.29) is 0 Å². The predicted octanol–water partition coefficient (Wildman–Crippen LogP) is 4.90. The average Bonchev–Trinajstić information content (AvgIpc) is 3.06. The summed E-state index contributed by atoms with van der Waals surface area (Å²) in [6, 6.07) is 20.7. The van der Waals surface area contributed by atoms with Crippen molar-refractivity contribution in [3.63, 3.8) is 0 Å². The molecule has 0 spiro atoms. The van der Waals surface area contributed by atoms with Crippen LogP contribution in [0.2, 0.25) is 0 Å². The lowest BCUT2D eigenvalue weighted by Gasteiger charge is -2.26. The van der Waals surface area contributed by atoms with Gasteiger partial charge in [0, 0.05) is 30.6 Å². The Morgan fingerprint density at radius 2 is 1.68 bits per heavy atom. The number of benzene rings is 2. The van der Waals surface area contributed by atoms with Crippen molar-refractivity contribution in [3.05, 3.63) is 65.7 Å². The van der Waals surface area contributed by atoms with Gasteiger partial charge in [0.15, 0.2) is 0 Å². The third-order valence-electron chi connectivity index (χ3n) is 5.26. The topological polar surface area (TPSA) is 6.48 Å². The summed E-state index contributed by atoms with van der Waals surface area (Å²) >= 11 is 1.81. The van der Waals surface area contributed by atoms with Crippen LogP contribution >= 0.6 is 11.8 Å². The molecule has 0 aliphatic carbocycles. The average molecular weight is 355 g/mol. The van der Waals surface area contributed by atoms with Gasteiger partial charge in [0.25, 0.3) is 0 Å². The van der Waals surface area contributed by atoms with E-state index < -0.39 is 0 Å². The molecular formula is C22H30N2S. The highest BCUT2D eigenvalue weighted by atomic mass is 32.2. The van der Waals surface area contributed by atoms with E-state index in [1.54, 1.807) is 0 Å². The van der Waals surface area contributed by atoms with Gasteiger partial charge in [0.1, 0.15) is 0 Å². The molecule has 1 aliphatic rings. The molecular weight excluding hydrogens is 324 g/mol. The number of hydrogen-bond acceptors (Lipinski definition) is 3. The standard InChI is InChI=1S/C22H30N2S/c1-23-15-6-9-21(23)14-16-24(17-19-7-4-3-5-8-19)18-20-10-12-22(25-2)13-11-20/h3-5,7-8,10-13,21H,6,9,14-18H2,1-2H3. The van der Waals surface area contributed by atoms with Gasteiger partial charge in [-0.25, -0.2) is 0 Å². The van der Waals surface area contributed by atoms with Crippen molar-refractivity contribution in [2.24, 2.45) is 0 Å². The first-order chi connectivity index (χ1) is 12.2. The van der Waals surface area contributed by atoms with Crippen LogP contribution in [0.15, 0.2) is 59.5 Å². The van der Waals surface area contributed by atoms with Crippen LogP contribution in [0.5, 0.6) is 0 Å². The molecule has 1 saturated heterocycles. The fourth-order valence-corrected chi connectivity index (χ4v) is 4.13. The monoisotopic (exact) mass is 354 g/mol. The molecule has 1 atom stereocenters. The van der Waals surface area contributed by atoms with Crippen LogP contribution in [0.25, 0.3) is 0 Å². The summed E-state index contributed by atoms with van der Waals surface area (Å²) in [5.41, 5.74) is 2.82. The second-order valence-electron chi connectivity index (χ2n) is 7.11. The Morgan fingerprint density at radius 3 is 2.28 bits per heavy atom. The molecule has 0 saturated carbocycles. The Hall–Kier alpha value is -1.29. The van der Waals surface area contributed by atoms with Gasteiger partial charge < -0.3 is 4.90 Å². The second kappa shape index (κ2) is 9.42. The summed E-state index contributed by atoms with van der Waals surface area (Å²) in [7, 11) is 2.28. The Balaban J connectivity index is 1.64. The molecule has 1 aliphatic heterocycles. The third-order valence-corrected chi connectivity index (χ3v) is 6.01. The van der Waals surface area contributed by atoms with Crippen molar-refractivity contribution in [3.8, 4) is 0 Å². The lowest BCUT2D eigenvalue weighted by atomic mass is 10.1. The first-order valence-electron chi connectivity index (χ1n) is 9.34. The molecule has 0 aromatic heterocycles. The molecule has 1 unspecified atom stereocenters. The Morgan fingerprint density at radius 1 is 1.00 bits per heavy atom. The first-order valence-corrected chi connectivity index (χ1v) is 10.6. The van der Waals surface area contributed by atoms with E-state index in [2.05, 4.69) is 77.7 Å². The number of nitrogens with zero attached hydrogens (tertiary/aromatic N) is 2. The highest BCUT2D eigenvalue weighted by Gasteiger charge is 2.21. The molecule has 1 heterocycles. The predicted molar refractivity (Wildman–Crippen MR) is 109 cm³/mol. The zero-order valence-corrected chi connectivity index (χ0v) is 16.3. The minimum atomic E-state index is 0.761. The van der Waals surface area contributed by atoms with Crippen molar-refractivity contribution < 1.29 is 0 Å². The van der Waals surface area contributed by atoms with Gasteiger partial charge in [-0.3, -0.25) is 4.90 Å². The van der Waals surface area contributed by atoms with Crippen LogP contribution in [0.1, 0.15) is 30.4 Å². The van der Waals surface area contributed by atoms with Gasteiger partial charge >= 0.3 is 0 Å². The van der Waals surface area contributed by atoms with Crippen molar-refractivity contribution in [2.75, 3.05) is 26.4 Å². The Bertz CT molecular complexity index is 626. The highest BCUT2D eigenvalue weighted by Crippen LogP contribution is 2.20. The van der Waals surface area contributed by atoms with Gasteiger partial charge in [-0.2, -0.15) is 0 Å². The van der Waals surface area contributed by atoms with Crippen molar-refractivity contribution in [2.45, 2.75) is 43.3 Å². The maximum atomic E-state index is 2.61. The summed E-state index contributed by atoms with van der Waals surface area (Å²) in [6.45, 7) is 4.48. The van der Waals surface area contributed by atoms with Gasteiger partial charge in [-0.05, 0) is 62.4 Å². The summed E-state index contributed by atoms with van der Waals surface area (Å²) < 4.78 is 0. The SMILES string of the molecule is CSc1ccc(CN(CCC2CCCN2C)Cc2ccccc2)cc1. The molecule has 2 aromatic rings. The van der Waals surface area contributed by atoms with E-state index in [9.17, 15) is 0 Å². The Labute approximate surface area is 157 Å². The van der Waals surface area contributed by atoms with Gasteiger partial charge in [-0.1, -0.05) is 42.5 Å². The summed E-state index contributed by atoms with van der Waals surface area (Å²) in [6.07, 6.45) is 6.12. The first kappa shape index (κ1) is 18.5. The van der Waals surface area contributed by atoms with E-state index in [1.807, 2.05) is 11.8 Å². The molecule has 134 valence electrons. The van der Waals surface area contributed by atoms with Gasteiger partial charge in [-0.15, -0.1) is 11.8 Å². The molecule has 2 nitrogen and oxygen atoms in total. The maximum absolute atomic E-state index is 2.61. The quantitative estimate of drug-likeness (QED) is 0.623. The molecule has 3 heteroatoms. The molecule has 2 aromatic carbocycles. The van der Waals surface area contributed by atoms with Crippen molar-refractivity contribution >= 4 is 11.8 Å². The van der Waals surface area contributed by atoms with E-state index in [0.717, 1.165) is 25.7 Å². The number of hydrogen-bond donors (Lipinski definition) is 0.